The molecule has 0 amide bonds. The van der Waals surface area contributed by atoms with Gasteiger partial charge >= 0.3 is 0 Å². The van der Waals surface area contributed by atoms with Crippen molar-refractivity contribution in [1.82, 2.24) is 0 Å². The highest BCUT2D eigenvalue weighted by atomic mass is 127. The third kappa shape index (κ3) is 1.73. The highest BCUT2D eigenvalue weighted by Gasteiger charge is 2.05. The van der Waals surface area contributed by atoms with E-state index >= 15 is 0 Å². The second kappa shape index (κ2) is 3.56. The van der Waals surface area contributed by atoms with Crippen molar-refractivity contribution in [2.45, 2.75) is 0 Å². The largest absolute Gasteiger partial charge is 0.192 e. The monoisotopic (exact) mass is 363 g/mol. The molecular weight excluding hydrogens is 361 g/mol. The van der Waals surface area contributed by atoms with Crippen molar-refractivity contribution in [2.75, 3.05) is 0 Å². The maximum atomic E-state index is 8.90. The van der Waals surface area contributed by atoms with Crippen molar-refractivity contribution in [3.05, 3.63) is 31.1 Å². The van der Waals surface area contributed by atoms with E-state index in [2.05, 4.69) is 50.7 Å². The van der Waals surface area contributed by atoms with E-state index in [4.69, 9.17) is 5.26 Å². The summed E-state index contributed by atoms with van der Waals surface area (Å²) in [4.78, 5) is 0. The van der Waals surface area contributed by atoms with Crippen LogP contribution in [0.2, 0.25) is 0 Å². The maximum Gasteiger partial charge on any atom is 0.101 e. The van der Waals surface area contributed by atoms with Crippen LogP contribution < -0.4 is 0 Å². The van der Waals surface area contributed by atoms with Gasteiger partial charge in [0.1, 0.15) is 6.07 Å². The number of hydrogen-bond donors (Lipinski definition) is 0. The predicted octanol–water partition coefficient (Wildman–Crippen LogP) is 4.14. The van der Waals surface area contributed by atoms with Crippen LogP contribution in [0.25, 0.3) is 10.1 Å². The van der Waals surface area contributed by atoms with Gasteiger partial charge in [0, 0.05) is 4.47 Å². The SMILES string of the molecule is N#Cc1cc(Br)cc2cc(I)sc12. The molecule has 0 saturated carbocycles. The number of rotatable bonds is 0. The Balaban J connectivity index is 2.90. The van der Waals surface area contributed by atoms with Crippen LogP contribution in [0.15, 0.2) is 22.7 Å². The Labute approximate surface area is 102 Å². The first-order chi connectivity index (χ1) is 6.20. The Kier molecular flexibility index (Phi) is 2.58. The Bertz CT molecular complexity index is 512. The van der Waals surface area contributed by atoms with Crippen molar-refractivity contribution in [3.63, 3.8) is 0 Å². The van der Waals surface area contributed by atoms with Gasteiger partial charge in [0.05, 0.1) is 13.1 Å². The van der Waals surface area contributed by atoms with Crippen molar-refractivity contribution in [1.29, 1.82) is 5.26 Å². The highest BCUT2D eigenvalue weighted by Crippen LogP contribution is 2.32. The van der Waals surface area contributed by atoms with Gasteiger partial charge in [-0.3, -0.25) is 0 Å². The van der Waals surface area contributed by atoms with E-state index in [-0.39, 0.29) is 0 Å². The molecule has 0 aliphatic heterocycles. The molecule has 13 heavy (non-hydrogen) atoms. The summed E-state index contributed by atoms with van der Waals surface area (Å²) in [6.45, 7) is 0. The molecule has 0 aliphatic carbocycles. The van der Waals surface area contributed by atoms with Gasteiger partial charge in [-0.15, -0.1) is 11.3 Å². The van der Waals surface area contributed by atoms with Crippen LogP contribution in [0.1, 0.15) is 5.56 Å². The van der Waals surface area contributed by atoms with E-state index in [1.54, 1.807) is 11.3 Å². The molecule has 1 aromatic carbocycles. The average molecular weight is 364 g/mol. The summed E-state index contributed by atoms with van der Waals surface area (Å²) < 4.78 is 3.25. The minimum Gasteiger partial charge on any atom is -0.192 e. The molecule has 0 radical (unpaired) electrons. The van der Waals surface area contributed by atoms with Crippen LogP contribution in [-0.4, -0.2) is 0 Å². The van der Waals surface area contributed by atoms with Gasteiger partial charge in [-0.2, -0.15) is 5.26 Å². The molecule has 1 nitrogen and oxygen atoms in total. The average Bonchev–Trinajstić information content (AvgIpc) is 2.43. The topological polar surface area (TPSA) is 23.8 Å². The lowest BCUT2D eigenvalue weighted by Crippen LogP contribution is -1.74. The zero-order valence-electron chi connectivity index (χ0n) is 6.34. The molecule has 0 N–H and O–H groups in total. The van der Waals surface area contributed by atoms with Crippen LogP contribution >= 0.6 is 49.9 Å². The Morgan fingerprint density at radius 3 is 2.85 bits per heavy atom. The molecule has 4 heteroatoms. The van der Waals surface area contributed by atoms with Crippen molar-refractivity contribution < 1.29 is 0 Å². The second-order valence-corrected chi connectivity index (χ2v) is 6.40. The van der Waals surface area contributed by atoms with Crippen molar-refractivity contribution in [2.24, 2.45) is 0 Å². The first-order valence-corrected chi connectivity index (χ1v) is 6.18. The van der Waals surface area contributed by atoms with Gasteiger partial charge in [0.25, 0.3) is 0 Å². The summed E-state index contributed by atoms with van der Waals surface area (Å²) in [6, 6.07) is 8.18. The van der Waals surface area contributed by atoms with Crippen molar-refractivity contribution in [3.8, 4) is 6.07 Å². The molecule has 64 valence electrons. The van der Waals surface area contributed by atoms with E-state index in [9.17, 15) is 0 Å². The fraction of sp³-hybridized carbons (Fsp3) is 0. The fourth-order valence-corrected chi connectivity index (χ4v) is 3.47. The maximum absolute atomic E-state index is 8.90. The second-order valence-electron chi connectivity index (χ2n) is 2.53. The third-order valence-corrected chi connectivity index (χ3v) is 4.07. The van der Waals surface area contributed by atoms with Gasteiger partial charge in [0.2, 0.25) is 0 Å². The molecule has 1 heterocycles. The number of fused-ring (bicyclic) bond motifs is 1. The molecule has 0 unspecified atom stereocenters. The van der Waals surface area contributed by atoms with E-state index in [1.807, 2.05) is 12.1 Å². The zero-order valence-corrected chi connectivity index (χ0v) is 10.9. The zero-order chi connectivity index (χ0) is 9.42. The Morgan fingerprint density at radius 2 is 2.15 bits per heavy atom. The van der Waals surface area contributed by atoms with E-state index < -0.39 is 0 Å². The molecule has 0 bridgehead atoms. The minimum atomic E-state index is 0.747. The Hall–Kier alpha value is -0.120. The summed E-state index contributed by atoms with van der Waals surface area (Å²) in [6.07, 6.45) is 0. The van der Waals surface area contributed by atoms with Crippen molar-refractivity contribution >= 4 is 59.9 Å². The first kappa shape index (κ1) is 9.44. The summed E-state index contributed by atoms with van der Waals surface area (Å²) in [5, 5.41) is 10.0. The highest BCUT2D eigenvalue weighted by molar-refractivity contribution is 14.1. The molecule has 0 spiro atoms. The van der Waals surface area contributed by atoms with Crippen LogP contribution in [0.3, 0.4) is 0 Å². The summed E-state index contributed by atoms with van der Waals surface area (Å²) in [7, 11) is 0. The molecule has 2 aromatic rings. The third-order valence-electron chi connectivity index (χ3n) is 1.67. The van der Waals surface area contributed by atoms with Gasteiger partial charge in [-0.05, 0) is 46.2 Å². The van der Waals surface area contributed by atoms with Gasteiger partial charge < -0.3 is 0 Å². The molecular formula is C9H3BrINS. The molecule has 2 rings (SSSR count). The lowest BCUT2D eigenvalue weighted by Gasteiger charge is -1.93. The van der Waals surface area contributed by atoms with Crippen LogP contribution in [0, 0.1) is 14.2 Å². The predicted molar refractivity (Wildman–Crippen MR) is 67.0 cm³/mol. The lowest BCUT2D eigenvalue weighted by molar-refractivity contribution is 1.50. The van der Waals surface area contributed by atoms with E-state index in [0.29, 0.717) is 0 Å². The molecule has 0 aliphatic rings. The number of nitrogens with zero attached hydrogens (tertiary/aromatic N) is 1. The van der Waals surface area contributed by atoms with Crippen LogP contribution in [0.5, 0.6) is 0 Å². The van der Waals surface area contributed by atoms with Crippen LogP contribution in [0.4, 0.5) is 0 Å². The molecule has 0 fully saturated rings. The van der Waals surface area contributed by atoms with Crippen LogP contribution in [-0.2, 0) is 0 Å². The summed E-state index contributed by atoms with van der Waals surface area (Å²) in [5.41, 5.74) is 0.747. The Morgan fingerprint density at radius 1 is 1.38 bits per heavy atom. The quantitative estimate of drug-likeness (QED) is 0.645. The number of hydrogen-bond acceptors (Lipinski definition) is 2. The minimum absolute atomic E-state index is 0.747. The number of benzene rings is 1. The number of halogens is 2. The number of thiophene rings is 1. The first-order valence-electron chi connectivity index (χ1n) is 3.49. The van der Waals surface area contributed by atoms with E-state index in [0.717, 1.165) is 20.1 Å². The summed E-state index contributed by atoms with van der Waals surface area (Å²) in [5.74, 6) is 0. The normalized spacial score (nSPS) is 10.2. The molecule has 1 aromatic heterocycles. The lowest BCUT2D eigenvalue weighted by atomic mass is 10.2. The number of nitriles is 1. The fourth-order valence-electron chi connectivity index (χ4n) is 1.17. The molecule has 0 atom stereocenters. The van der Waals surface area contributed by atoms with E-state index in [1.165, 1.54) is 2.88 Å². The smallest absolute Gasteiger partial charge is 0.101 e. The summed E-state index contributed by atoms with van der Waals surface area (Å²) >= 11 is 7.31. The van der Waals surface area contributed by atoms with Gasteiger partial charge in [-0.1, -0.05) is 15.9 Å². The molecule has 0 saturated heterocycles. The standard InChI is InChI=1S/C9H3BrINS/c10-7-1-5-3-8(11)13-9(5)6(2-7)4-12/h1-3H. The van der Waals surface area contributed by atoms with Gasteiger partial charge in [0.15, 0.2) is 0 Å². The van der Waals surface area contributed by atoms with Gasteiger partial charge in [-0.25, -0.2) is 0 Å².